The van der Waals surface area contributed by atoms with Crippen molar-refractivity contribution >= 4 is 5.78 Å². The smallest absolute Gasteiger partial charge is 0.139 e. The van der Waals surface area contributed by atoms with Crippen LogP contribution in [-0.2, 0) is 4.79 Å². The van der Waals surface area contributed by atoms with Gasteiger partial charge in [-0.05, 0) is 25.2 Å². The second kappa shape index (κ2) is 7.95. The van der Waals surface area contributed by atoms with Crippen LogP contribution in [0.15, 0.2) is 0 Å². The van der Waals surface area contributed by atoms with Gasteiger partial charge < -0.3 is 4.90 Å². The summed E-state index contributed by atoms with van der Waals surface area (Å²) in [6, 6.07) is 0. The van der Waals surface area contributed by atoms with E-state index in [0.29, 0.717) is 17.6 Å². The second-order valence-corrected chi connectivity index (χ2v) is 8.49. The van der Waals surface area contributed by atoms with Gasteiger partial charge in [0, 0.05) is 30.6 Å². The number of ketones is 1. The van der Waals surface area contributed by atoms with Crippen molar-refractivity contribution in [2.24, 2.45) is 23.7 Å². The molecule has 2 aliphatic carbocycles. The highest BCUT2D eigenvalue weighted by Crippen LogP contribution is 2.30. The molecule has 1 saturated heterocycles. The fourth-order valence-corrected chi connectivity index (χ4v) is 5.30. The first-order valence-electron chi connectivity index (χ1n) is 10.1. The number of quaternary nitrogens is 1. The van der Waals surface area contributed by atoms with Gasteiger partial charge in [-0.25, -0.2) is 0 Å². The number of hydrogen-bond donors (Lipinski definition) is 1. The highest BCUT2D eigenvalue weighted by Gasteiger charge is 2.34. The van der Waals surface area contributed by atoms with E-state index in [1.807, 2.05) is 0 Å². The van der Waals surface area contributed by atoms with E-state index in [9.17, 15) is 4.79 Å². The van der Waals surface area contributed by atoms with Crippen LogP contribution in [0, 0.1) is 23.7 Å². The number of rotatable bonds is 4. The molecule has 0 bridgehead atoms. The van der Waals surface area contributed by atoms with E-state index < -0.39 is 0 Å². The summed E-state index contributed by atoms with van der Waals surface area (Å²) in [4.78, 5) is 14.5. The van der Waals surface area contributed by atoms with Crippen molar-refractivity contribution < 1.29 is 9.69 Å². The Balaban J connectivity index is 1.42. The van der Waals surface area contributed by atoms with Gasteiger partial charge >= 0.3 is 0 Å². The SMILES string of the molecule is CC1CCCCC1C[NH+]1CCC(C(=O)C2CCCCC2)CC1. The predicted octanol–water partition coefficient (Wildman–Crippen LogP) is 3.26. The molecule has 3 rings (SSSR count). The van der Waals surface area contributed by atoms with Gasteiger partial charge in [0.05, 0.1) is 19.6 Å². The van der Waals surface area contributed by atoms with Gasteiger partial charge in [0.1, 0.15) is 5.78 Å². The van der Waals surface area contributed by atoms with Crippen molar-refractivity contribution in [1.29, 1.82) is 0 Å². The van der Waals surface area contributed by atoms with Crippen molar-refractivity contribution in [3.05, 3.63) is 0 Å². The van der Waals surface area contributed by atoms with Gasteiger partial charge in [-0.3, -0.25) is 4.79 Å². The van der Waals surface area contributed by atoms with Crippen molar-refractivity contribution in [2.45, 2.75) is 77.6 Å². The molecular formula is C20H36NO+. The van der Waals surface area contributed by atoms with Crippen molar-refractivity contribution in [3.8, 4) is 0 Å². The quantitative estimate of drug-likeness (QED) is 0.846. The third-order valence-electron chi connectivity index (χ3n) is 6.94. The van der Waals surface area contributed by atoms with Crippen LogP contribution in [0.25, 0.3) is 0 Å². The Labute approximate surface area is 137 Å². The van der Waals surface area contributed by atoms with Gasteiger partial charge in [0.2, 0.25) is 0 Å². The minimum Gasteiger partial charge on any atom is -0.335 e. The number of nitrogens with one attached hydrogen (secondary N) is 1. The third-order valence-corrected chi connectivity index (χ3v) is 6.94. The van der Waals surface area contributed by atoms with Gasteiger partial charge in [-0.2, -0.15) is 0 Å². The van der Waals surface area contributed by atoms with E-state index in [4.69, 9.17) is 0 Å². The van der Waals surface area contributed by atoms with Crippen LogP contribution in [0.1, 0.15) is 77.6 Å². The van der Waals surface area contributed by atoms with Gasteiger partial charge in [-0.15, -0.1) is 0 Å². The molecule has 2 nitrogen and oxygen atoms in total. The maximum atomic E-state index is 12.7. The lowest BCUT2D eigenvalue weighted by atomic mass is 9.77. The summed E-state index contributed by atoms with van der Waals surface area (Å²) < 4.78 is 0. The van der Waals surface area contributed by atoms with Crippen LogP contribution in [0.2, 0.25) is 0 Å². The minimum atomic E-state index is 0.413. The van der Waals surface area contributed by atoms with E-state index in [1.165, 1.54) is 90.3 Å². The molecule has 0 amide bonds. The number of likely N-dealkylation sites (tertiary alicyclic amines) is 1. The summed E-state index contributed by atoms with van der Waals surface area (Å²) >= 11 is 0. The lowest BCUT2D eigenvalue weighted by Gasteiger charge is -2.35. The molecule has 0 radical (unpaired) electrons. The molecule has 0 aromatic carbocycles. The van der Waals surface area contributed by atoms with Crippen LogP contribution >= 0.6 is 0 Å². The Morgan fingerprint density at radius 2 is 1.41 bits per heavy atom. The maximum Gasteiger partial charge on any atom is 0.139 e. The molecule has 2 unspecified atom stereocenters. The molecular weight excluding hydrogens is 270 g/mol. The van der Waals surface area contributed by atoms with Crippen molar-refractivity contribution in [3.63, 3.8) is 0 Å². The first-order valence-corrected chi connectivity index (χ1v) is 10.1. The Morgan fingerprint density at radius 1 is 0.818 bits per heavy atom. The first-order chi connectivity index (χ1) is 10.7. The summed E-state index contributed by atoms with van der Waals surface area (Å²) in [7, 11) is 0. The van der Waals surface area contributed by atoms with E-state index in [-0.39, 0.29) is 0 Å². The van der Waals surface area contributed by atoms with Gasteiger partial charge in [0.15, 0.2) is 0 Å². The summed E-state index contributed by atoms with van der Waals surface area (Å²) in [6.45, 7) is 6.35. The fraction of sp³-hybridized carbons (Fsp3) is 0.950. The van der Waals surface area contributed by atoms with Crippen molar-refractivity contribution in [1.82, 2.24) is 0 Å². The third kappa shape index (κ3) is 4.13. The average Bonchev–Trinajstić information content (AvgIpc) is 2.58. The molecule has 22 heavy (non-hydrogen) atoms. The molecule has 126 valence electrons. The lowest BCUT2D eigenvalue weighted by molar-refractivity contribution is -0.909. The van der Waals surface area contributed by atoms with E-state index in [1.54, 1.807) is 4.90 Å². The van der Waals surface area contributed by atoms with Gasteiger partial charge in [-0.1, -0.05) is 45.4 Å². The summed E-state index contributed by atoms with van der Waals surface area (Å²) in [6.07, 6.45) is 14.5. The zero-order chi connectivity index (χ0) is 15.4. The van der Waals surface area contributed by atoms with Crippen LogP contribution in [-0.4, -0.2) is 25.4 Å². The maximum absolute atomic E-state index is 12.7. The zero-order valence-electron chi connectivity index (χ0n) is 14.6. The normalized spacial score (nSPS) is 37.9. The monoisotopic (exact) mass is 306 g/mol. The molecule has 0 spiro atoms. The van der Waals surface area contributed by atoms with Crippen molar-refractivity contribution in [2.75, 3.05) is 19.6 Å². The van der Waals surface area contributed by atoms with Gasteiger partial charge in [0.25, 0.3) is 0 Å². The molecule has 1 heterocycles. The van der Waals surface area contributed by atoms with E-state index in [2.05, 4.69) is 6.92 Å². The average molecular weight is 307 g/mol. The van der Waals surface area contributed by atoms with E-state index in [0.717, 1.165) is 11.8 Å². The standard InChI is InChI=1S/C20H35NO/c1-16-7-5-6-10-19(16)15-21-13-11-18(12-14-21)20(22)17-8-3-2-4-9-17/h16-19H,2-15H2,1H3/p+1. The van der Waals surface area contributed by atoms with Crippen LogP contribution in [0.5, 0.6) is 0 Å². The molecule has 1 N–H and O–H groups in total. The van der Waals surface area contributed by atoms with Crippen LogP contribution in [0.3, 0.4) is 0 Å². The molecule has 0 aromatic heterocycles. The molecule has 2 saturated carbocycles. The number of hydrogen-bond acceptors (Lipinski definition) is 1. The highest BCUT2D eigenvalue weighted by molar-refractivity contribution is 5.83. The Kier molecular flexibility index (Phi) is 5.95. The predicted molar refractivity (Wildman–Crippen MR) is 91.0 cm³/mol. The number of Topliss-reactive ketones (excluding diaryl/α,β-unsaturated/α-hetero) is 1. The number of piperidine rings is 1. The number of carbonyl (C=O) groups is 1. The Hall–Kier alpha value is -0.370. The Morgan fingerprint density at radius 3 is 2.09 bits per heavy atom. The van der Waals surface area contributed by atoms with Crippen LogP contribution < -0.4 is 4.90 Å². The topological polar surface area (TPSA) is 21.5 Å². The highest BCUT2D eigenvalue weighted by atomic mass is 16.1. The van der Waals surface area contributed by atoms with E-state index >= 15 is 0 Å². The molecule has 1 aliphatic heterocycles. The Bertz CT molecular complexity index is 353. The fourth-order valence-electron chi connectivity index (χ4n) is 5.30. The molecule has 3 fully saturated rings. The summed E-state index contributed by atoms with van der Waals surface area (Å²) in [5.41, 5.74) is 0. The second-order valence-electron chi connectivity index (χ2n) is 8.49. The summed E-state index contributed by atoms with van der Waals surface area (Å²) in [5.74, 6) is 3.37. The minimum absolute atomic E-state index is 0.413. The van der Waals surface area contributed by atoms with Crippen LogP contribution in [0.4, 0.5) is 0 Å². The summed E-state index contributed by atoms with van der Waals surface area (Å²) in [5, 5.41) is 0. The molecule has 2 atom stereocenters. The zero-order valence-corrected chi connectivity index (χ0v) is 14.6. The number of carbonyl (C=O) groups excluding carboxylic acids is 1. The molecule has 0 aromatic rings. The molecule has 3 aliphatic rings. The molecule has 2 heteroatoms. The first kappa shape index (κ1) is 16.5. The lowest BCUT2D eigenvalue weighted by Crippen LogP contribution is -3.13. The largest absolute Gasteiger partial charge is 0.335 e.